The molecule has 0 radical (unpaired) electrons. The Balaban J connectivity index is 1.67. The van der Waals surface area contributed by atoms with Crippen molar-refractivity contribution in [2.24, 2.45) is 11.8 Å². The van der Waals surface area contributed by atoms with Crippen LogP contribution in [0, 0.1) is 11.8 Å². The number of fused-ring (bicyclic) bond motifs is 1. The number of para-hydroxylation sites is 1. The summed E-state index contributed by atoms with van der Waals surface area (Å²) in [5, 5.41) is 12.4. The number of benzene rings is 1. The fourth-order valence-electron chi connectivity index (χ4n) is 5.36. The summed E-state index contributed by atoms with van der Waals surface area (Å²) in [5.41, 5.74) is -0.616. The first-order valence-corrected chi connectivity index (χ1v) is 11.1. The van der Waals surface area contributed by atoms with Crippen molar-refractivity contribution in [3.05, 3.63) is 29.3 Å². The van der Waals surface area contributed by atoms with Crippen LogP contribution in [0.15, 0.2) is 24.3 Å². The molecule has 0 aromatic heterocycles. The summed E-state index contributed by atoms with van der Waals surface area (Å²) < 4.78 is 11.5. The van der Waals surface area contributed by atoms with E-state index in [0.717, 1.165) is 0 Å². The van der Waals surface area contributed by atoms with Crippen molar-refractivity contribution in [1.29, 1.82) is 0 Å². The summed E-state index contributed by atoms with van der Waals surface area (Å²) in [6, 6.07) is 6.00. The van der Waals surface area contributed by atoms with Gasteiger partial charge in [0.15, 0.2) is 0 Å². The van der Waals surface area contributed by atoms with Crippen LogP contribution in [-0.4, -0.2) is 65.3 Å². The number of anilines is 1. The Hall–Kier alpha value is -2.16. The van der Waals surface area contributed by atoms with Gasteiger partial charge in [0.2, 0.25) is 11.8 Å². The van der Waals surface area contributed by atoms with Crippen molar-refractivity contribution in [2.45, 2.75) is 50.4 Å². The molecular formula is C22H27ClN2O6. The standard InChI is InChI=1S/C22H27ClN2O6/c1-2-30-21(29)16-15-9-10-22(31-15)17(16)20(28)25(11-5-6-12-26)18(22)19(27)24-14-8-4-3-7-13(14)23/h3-4,7-8,15-18,26H,2,5-6,9-12H2,1H3,(H,24,27)/t15-,16+,17+,18-,22+/m0/s1. The summed E-state index contributed by atoms with van der Waals surface area (Å²) in [7, 11) is 0. The maximum absolute atomic E-state index is 13.5. The third-order valence-electron chi connectivity index (χ3n) is 6.55. The molecule has 31 heavy (non-hydrogen) atoms. The number of hydrogen-bond donors (Lipinski definition) is 2. The van der Waals surface area contributed by atoms with E-state index in [0.29, 0.717) is 42.9 Å². The van der Waals surface area contributed by atoms with Crippen LogP contribution in [0.2, 0.25) is 5.02 Å². The number of carbonyl (C=O) groups excluding carboxylic acids is 3. The zero-order valence-corrected chi connectivity index (χ0v) is 18.1. The summed E-state index contributed by atoms with van der Waals surface area (Å²) in [6.07, 6.45) is 1.72. The fourth-order valence-corrected chi connectivity index (χ4v) is 5.54. The number of nitrogens with zero attached hydrogens (tertiary/aromatic N) is 1. The molecule has 3 aliphatic heterocycles. The van der Waals surface area contributed by atoms with Gasteiger partial charge in [-0.1, -0.05) is 23.7 Å². The van der Waals surface area contributed by atoms with E-state index in [1.54, 1.807) is 31.2 Å². The first-order chi connectivity index (χ1) is 14.9. The number of ether oxygens (including phenoxy) is 2. The summed E-state index contributed by atoms with van der Waals surface area (Å²) in [6.45, 7) is 2.23. The molecule has 1 spiro atoms. The van der Waals surface area contributed by atoms with Crippen molar-refractivity contribution >= 4 is 35.1 Å². The molecular weight excluding hydrogens is 424 g/mol. The highest BCUT2D eigenvalue weighted by molar-refractivity contribution is 6.33. The largest absolute Gasteiger partial charge is 0.466 e. The second-order valence-electron chi connectivity index (χ2n) is 8.24. The monoisotopic (exact) mass is 450 g/mol. The maximum Gasteiger partial charge on any atom is 0.312 e. The molecule has 5 atom stereocenters. The quantitative estimate of drug-likeness (QED) is 0.463. The van der Waals surface area contributed by atoms with Gasteiger partial charge in [-0.15, -0.1) is 0 Å². The van der Waals surface area contributed by atoms with E-state index in [-0.39, 0.29) is 19.1 Å². The lowest BCUT2D eigenvalue weighted by molar-refractivity contribution is -0.154. The fraction of sp³-hybridized carbons (Fsp3) is 0.591. The number of amides is 2. The number of rotatable bonds is 8. The second-order valence-corrected chi connectivity index (χ2v) is 8.65. The zero-order valence-electron chi connectivity index (χ0n) is 17.4. The van der Waals surface area contributed by atoms with Crippen LogP contribution >= 0.6 is 11.6 Å². The molecule has 168 valence electrons. The van der Waals surface area contributed by atoms with Crippen LogP contribution in [0.5, 0.6) is 0 Å². The van der Waals surface area contributed by atoms with Crippen LogP contribution in [0.4, 0.5) is 5.69 Å². The van der Waals surface area contributed by atoms with E-state index >= 15 is 0 Å². The first-order valence-electron chi connectivity index (χ1n) is 10.8. The molecule has 0 saturated carbocycles. The van der Waals surface area contributed by atoms with Crippen LogP contribution in [0.3, 0.4) is 0 Å². The smallest absolute Gasteiger partial charge is 0.312 e. The van der Waals surface area contributed by atoms with Crippen molar-refractivity contribution < 1.29 is 29.0 Å². The lowest BCUT2D eigenvalue weighted by atomic mass is 9.71. The van der Waals surface area contributed by atoms with E-state index < -0.39 is 41.5 Å². The summed E-state index contributed by atoms with van der Waals surface area (Å²) in [5.74, 6) is -2.56. The van der Waals surface area contributed by atoms with Crippen molar-refractivity contribution in [3.63, 3.8) is 0 Å². The number of aliphatic hydroxyl groups is 1. The van der Waals surface area contributed by atoms with E-state index in [1.807, 2.05) is 0 Å². The third-order valence-corrected chi connectivity index (χ3v) is 6.88. The van der Waals surface area contributed by atoms with Gasteiger partial charge in [0.1, 0.15) is 11.6 Å². The topological polar surface area (TPSA) is 105 Å². The maximum atomic E-state index is 13.5. The number of carbonyl (C=O) groups is 3. The Morgan fingerprint density at radius 3 is 2.84 bits per heavy atom. The summed E-state index contributed by atoms with van der Waals surface area (Å²) in [4.78, 5) is 41.2. The van der Waals surface area contributed by atoms with E-state index in [4.69, 9.17) is 26.2 Å². The number of unbranched alkanes of at least 4 members (excludes halogenated alkanes) is 1. The number of esters is 1. The molecule has 9 heteroatoms. The molecule has 0 aliphatic carbocycles. The number of likely N-dealkylation sites (tertiary alicyclic amines) is 1. The minimum Gasteiger partial charge on any atom is -0.466 e. The Bertz CT molecular complexity index is 879. The Morgan fingerprint density at radius 2 is 2.13 bits per heavy atom. The van der Waals surface area contributed by atoms with Gasteiger partial charge >= 0.3 is 5.97 Å². The highest BCUT2D eigenvalue weighted by Crippen LogP contribution is 2.58. The van der Waals surface area contributed by atoms with Crippen LogP contribution in [-0.2, 0) is 23.9 Å². The molecule has 2 N–H and O–H groups in total. The van der Waals surface area contributed by atoms with Gasteiger partial charge in [-0.25, -0.2) is 0 Å². The molecule has 3 fully saturated rings. The number of halogens is 1. The molecule has 1 aromatic carbocycles. The third kappa shape index (κ3) is 3.60. The number of aliphatic hydroxyl groups excluding tert-OH is 1. The van der Waals surface area contributed by atoms with E-state index in [2.05, 4.69) is 5.32 Å². The predicted molar refractivity (Wildman–Crippen MR) is 112 cm³/mol. The van der Waals surface area contributed by atoms with Gasteiger partial charge < -0.3 is 24.8 Å². The number of hydrogen-bond acceptors (Lipinski definition) is 6. The van der Waals surface area contributed by atoms with Gasteiger partial charge in [-0.05, 0) is 44.7 Å². The number of nitrogens with one attached hydrogen (secondary N) is 1. The van der Waals surface area contributed by atoms with Crippen molar-refractivity contribution in [1.82, 2.24) is 4.90 Å². The Morgan fingerprint density at radius 1 is 1.35 bits per heavy atom. The lowest BCUT2D eigenvalue weighted by Gasteiger charge is -2.33. The zero-order chi connectivity index (χ0) is 22.2. The SMILES string of the molecule is CCOC(=O)[C@@H]1[C@@H]2CC[C@]3(O2)[C@H](C(=O)Nc2ccccc2Cl)N(CCCCO)C(=O)[C@@H]13. The van der Waals surface area contributed by atoms with Gasteiger partial charge in [0, 0.05) is 13.2 Å². The average molecular weight is 451 g/mol. The lowest BCUT2D eigenvalue weighted by Crippen LogP contribution is -2.53. The first kappa shape index (κ1) is 22.0. The molecule has 3 heterocycles. The van der Waals surface area contributed by atoms with Crippen molar-refractivity contribution in [2.75, 3.05) is 25.1 Å². The van der Waals surface area contributed by atoms with Gasteiger partial charge in [0.05, 0.1) is 35.3 Å². The molecule has 2 bridgehead atoms. The minimum atomic E-state index is -1.07. The molecule has 3 saturated heterocycles. The second kappa shape index (κ2) is 8.76. The van der Waals surface area contributed by atoms with Crippen LogP contribution in [0.1, 0.15) is 32.6 Å². The van der Waals surface area contributed by atoms with Crippen molar-refractivity contribution in [3.8, 4) is 0 Å². The Labute approximate surface area is 185 Å². The highest BCUT2D eigenvalue weighted by atomic mass is 35.5. The molecule has 1 aromatic rings. The predicted octanol–water partition coefficient (Wildman–Crippen LogP) is 1.99. The van der Waals surface area contributed by atoms with Crippen LogP contribution < -0.4 is 5.32 Å². The minimum absolute atomic E-state index is 0.00286. The van der Waals surface area contributed by atoms with Crippen LogP contribution in [0.25, 0.3) is 0 Å². The van der Waals surface area contributed by atoms with E-state index in [9.17, 15) is 14.4 Å². The highest BCUT2D eigenvalue weighted by Gasteiger charge is 2.74. The normalized spacial score (nSPS) is 31.1. The molecule has 2 amide bonds. The summed E-state index contributed by atoms with van der Waals surface area (Å²) >= 11 is 6.21. The van der Waals surface area contributed by atoms with Gasteiger partial charge in [-0.3, -0.25) is 14.4 Å². The average Bonchev–Trinajstić information content (AvgIpc) is 3.38. The van der Waals surface area contributed by atoms with Gasteiger partial charge in [-0.2, -0.15) is 0 Å². The van der Waals surface area contributed by atoms with Gasteiger partial charge in [0.25, 0.3) is 0 Å². The van der Waals surface area contributed by atoms with E-state index in [1.165, 1.54) is 4.90 Å². The molecule has 8 nitrogen and oxygen atoms in total. The Kier molecular flexibility index (Phi) is 6.23. The molecule has 3 aliphatic rings. The molecule has 4 rings (SSSR count). The molecule has 0 unspecified atom stereocenters.